The fourth-order valence-corrected chi connectivity index (χ4v) is 3.81. The van der Waals surface area contributed by atoms with Crippen molar-refractivity contribution >= 4 is 21.9 Å². The summed E-state index contributed by atoms with van der Waals surface area (Å²) in [6, 6.07) is 12.0. The molecule has 6 heteroatoms. The Hall–Kier alpha value is -3.28. The third-order valence-electron chi connectivity index (χ3n) is 5.47. The van der Waals surface area contributed by atoms with Gasteiger partial charge in [0.2, 0.25) is 5.43 Å². The maximum atomic E-state index is 14.6. The molecule has 0 saturated heterocycles. The maximum Gasteiger partial charge on any atom is 0.270 e. The van der Waals surface area contributed by atoms with Crippen molar-refractivity contribution in [2.45, 2.75) is 25.2 Å². The normalized spacial score (nSPS) is 14.5. The van der Waals surface area contributed by atoms with Crippen LogP contribution in [0.4, 0.5) is 8.78 Å². The van der Waals surface area contributed by atoms with E-state index in [0.29, 0.717) is 11.3 Å². The molecule has 140 valence electrons. The number of aromatic nitrogens is 1. The van der Waals surface area contributed by atoms with E-state index in [-0.39, 0.29) is 28.0 Å². The summed E-state index contributed by atoms with van der Waals surface area (Å²) in [5.74, 6) is -2.14. The molecule has 0 aliphatic heterocycles. The number of hydrogen-bond acceptors (Lipinski definition) is 3. The van der Waals surface area contributed by atoms with Gasteiger partial charge in [-0.3, -0.25) is 14.2 Å². The average Bonchev–Trinajstić information content (AvgIpc) is 2.63. The second-order valence-electron chi connectivity index (χ2n) is 7.08. The van der Waals surface area contributed by atoms with E-state index in [9.17, 15) is 18.4 Å². The summed E-state index contributed by atoms with van der Waals surface area (Å²) in [6.45, 7) is 0. The number of nitrogens with zero attached hydrogens (tertiary/aromatic N) is 1. The Morgan fingerprint density at radius 1 is 0.964 bits per heavy atom. The minimum atomic E-state index is -1.12. The van der Waals surface area contributed by atoms with Gasteiger partial charge in [-0.25, -0.2) is 8.78 Å². The number of para-hydroxylation sites is 1. The van der Waals surface area contributed by atoms with E-state index in [1.807, 2.05) is 0 Å². The molecule has 2 aromatic carbocycles. The van der Waals surface area contributed by atoms with Crippen molar-refractivity contribution < 1.29 is 13.2 Å². The monoisotopic (exact) mass is 379 g/mol. The van der Waals surface area contributed by atoms with Crippen LogP contribution in [0.15, 0.2) is 62.5 Å². The third-order valence-corrected chi connectivity index (χ3v) is 5.47. The molecule has 2 heterocycles. The van der Waals surface area contributed by atoms with Gasteiger partial charge < -0.3 is 4.42 Å². The van der Waals surface area contributed by atoms with E-state index in [1.165, 1.54) is 12.1 Å². The van der Waals surface area contributed by atoms with E-state index < -0.39 is 22.6 Å². The Bertz CT molecular complexity index is 1370. The van der Waals surface area contributed by atoms with Crippen LogP contribution in [0, 0.1) is 11.6 Å². The second kappa shape index (κ2) is 6.12. The van der Waals surface area contributed by atoms with E-state index in [4.69, 9.17) is 4.42 Å². The highest BCUT2D eigenvalue weighted by Crippen LogP contribution is 2.38. The van der Waals surface area contributed by atoms with Crippen LogP contribution in [-0.4, -0.2) is 4.57 Å². The number of fused-ring (bicyclic) bond motifs is 2. The fourth-order valence-electron chi connectivity index (χ4n) is 3.81. The summed E-state index contributed by atoms with van der Waals surface area (Å²) in [5.41, 5.74) is -0.277. The van der Waals surface area contributed by atoms with Crippen LogP contribution in [-0.2, 0) is 0 Å². The molecular formula is C22H15F2NO3. The van der Waals surface area contributed by atoms with Gasteiger partial charge in [-0.1, -0.05) is 24.6 Å². The van der Waals surface area contributed by atoms with Crippen LogP contribution in [0.3, 0.4) is 0 Å². The molecule has 4 aromatic rings. The van der Waals surface area contributed by atoms with Crippen LogP contribution >= 0.6 is 0 Å². The lowest BCUT2D eigenvalue weighted by atomic mass is 9.82. The summed E-state index contributed by atoms with van der Waals surface area (Å²) >= 11 is 0. The van der Waals surface area contributed by atoms with Crippen molar-refractivity contribution in [3.63, 3.8) is 0 Å². The molecule has 5 rings (SSSR count). The zero-order chi connectivity index (χ0) is 19.4. The number of benzene rings is 2. The molecule has 4 nitrogen and oxygen atoms in total. The molecule has 0 atom stereocenters. The largest absolute Gasteiger partial charge is 0.456 e. The van der Waals surface area contributed by atoms with Gasteiger partial charge in [0.1, 0.15) is 16.6 Å². The van der Waals surface area contributed by atoms with Gasteiger partial charge in [0.25, 0.3) is 5.56 Å². The Labute approximate surface area is 157 Å². The lowest BCUT2D eigenvalue weighted by Gasteiger charge is -2.28. The van der Waals surface area contributed by atoms with Crippen molar-refractivity contribution in [2.75, 3.05) is 0 Å². The van der Waals surface area contributed by atoms with Gasteiger partial charge in [-0.2, -0.15) is 0 Å². The minimum absolute atomic E-state index is 0.0246. The molecule has 0 bridgehead atoms. The van der Waals surface area contributed by atoms with Gasteiger partial charge in [0.05, 0.1) is 11.1 Å². The summed E-state index contributed by atoms with van der Waals surface area (Å²) in [5, 5.41) is 0.111. The van der Waals surface area contributed by atoms with Crippen molar-refractivity contribution in [3.8, 4) is 5.69 Å². The molecule has 0 spiro atoms. The third kappa shape index (κ3) is 2.34. The second-order valence-corrected chi connectivity index (χ2v) is 7.08. The first kappa shape index (κ1) is 16.9. The number of halogens is 2. The first-order valence-corrected chi connectivity index (χ1v) is 9.12. The summed E-state index contributed by atoms with van der Waals surface area (Å²) in [7, 11) is 0. The van der Waals surface area contributed by atoms with Crippen LogP contribution in [0.2, 0.25) is 0 Å². The van der Waals surface area contributed by atoms with Gasteiger partial charge in [-0.05, 0) is 43.0 Å². The number of pyridine rings is 1. The number of rotatable bonds is 2. The lowest BCUT2D eigenvalue weighted by Crippen LogP contribution is -2.29. The molecular weight excluding hydrogens is 364 g/mol. The average molecular weight is 379 g/mol. The molecule has 0 radical (unpaired) electrons. The Morgan fingerprint density at radius 3 is 2.50 bits per heavy atom. The highest BCUT2D eigenvalue weighted by atomic mass is 19.2. The molecule has 1 aliphatic rings. The molecule has 0 unspecified atom stereocenters. The van der Waals surface area contributed by atoms with Gasteiger partial charge in [0, 0.05) is 11.8 Å². The standard InChI is InChI=1S/C22H15F2NO3/c23-14-8-4-9-15(20(14)24)25-16(12-5-3-6-12)11-18-19(22(25)27)21(26)13-7-1-2-10-17(13)28-18/h1-2,4,7-12H,3,5-6H2. The first-order valence-electron chi connectivity index (χ1n) is 9.12. The predicted octanol–water partition coefficient (Wildman–Crippen LogP) is 4.64. The van der Waals surface area contributed by atoms with Crippen LogP contribution in [0.1, 0.15) is 30.9 Å². The molecule has 28 heavy (non-hydrogen) atoms. The summed E-state index contributed by atoms with van der Waals surface area (Å²) in [6.07, 6.45) is 2.66. The van der Waals surface area contributed by atoms with Crippen molar-refractivity contribution in [2.24, 2.45) is 0 Å². The van der Waals surface area contributed by atoms with Crippen LogP contribution in [0.5, 0.6) is 0 Å². The van der Waals surface area contributed by atoms with E-state index in [0.717, 1.165) is 29.9 Å². The van der Waals surface area contributed by atoms with Crippen LogP contribution in [0.25, 0.3) is 27.6 Å². The van der Waals surface area contributed by atoms with Gasteiger partial charge >= 0.3 is 0 Å². The van der Waals surface area contributed by atoms with Gasteiger partial charge in [0.15, 0.2) is 11.6 Å². The molecule has 1 fully saturated rings. The van der Waals surface area contributed by atoms with Crippen molar-refractivity contribution in [1.29, 1.82) is 0 Å². The molecule has 1 aliphatic carbocycles. The zero-order valence-corrected chi connectivity index (χ0v) is 14.7. The predicted molar refractivity (Wildman–Crippen MR) is 102 cm³/mol. The summed E-state index contributed by atoms with van der Waals surface area (Å²) < 4.78 is 35.4. The highest BCUT2D eigenvalue weighted by Gasteiger charge is 2.27. The highest BCUT2D eigenvalue weighted by molar-refractivity contribution is 5.89. The fraction of sp³-hybridized carbons (Fsp3) is 0.182. The topological polar surface area (TPSA) is 52.2 Å². The molecule has 0 N–H and O–H groups in total. The van der Waals surface area contributed by atoms with Crippen LogP contribution < -0.4 is 11.0 Å². The first-order chi connectivity index (χ1) is 13.6. The maximum absolute atomic E-state index is 14.6. The van der Waals surface area contributed by atoms with Crippen molar-refractivity contribution in [1.82, 2.24) is 4.57 Å². The Balaban J connectivity index is 1.96. The Kier molecular flexibility index (Phi) is 3.69. The van der Waals surface area contributed by atoms with E-state index in [2.05, 4.69) is 0 Å². The van der Waals surface area contributed by atoms with Crippen molar-refractivity contribution in [3.05, 3.63) is 86.4 Å². The minimum Gasteiger partial charge on any atom is -0.456 e. The quantitative estimate of drug-likeness (QED) is 0.477. The molecule has 2 aromatic heterocycles. The smallest absolute Gasteiger partial charge is 0.270 e. The van der Waals surface area contributed by atoms with E-state index >= 15 is 0 Å². The molecule has 1 saturated carbocycles. The number of hydrogen-bond donors (Lipinski definition) is 0. The lowest BCUT2D eigenvalue weighted by molar-refractivity contribution is 0.402. The van der Waals surface area contributed by atoms with E-state index in [1.54, 1.807) is 30.3 Å². The van der Waals surface area contributed by atoms with Gasteiger partial charge in [-0.15, -0.1) is 0 Å². The summed E-state index contributed by atoms with van der Waals surface area (Å²) in [4.78, 5) is 26.3. The SMILES string of the molecule is O=c1c2ccccc2oc2cc(C3CCC3)n(-c3cccc(F)c3F)c(=O)c12. The molecule has 0 amide bonds. The zero-order valence-electron chi connectivity index (χ0n) is 14.7. The Morgan fingerprint density at radius 2 is 1.75 bits per heavy atom.